The lowest BCUT2D eigenvalue weighted by Crippen LogP contribution is -2.59. The van der Waals surface area contributed by atoms with Crippen LogP contribution < -0.4 is 20.7 Å². The predicted molar refractivity (Wildman–Crippen MR) is 214 cm³/mol. The fraction of sp³-hybridized carbons (Fsp3) is 0.707. The maximum atomic E-state index is 14.2. The Morgan fingerprint density at radius 2 is 1.73 bits per heavy atom. The highest BCUT2D eigenvalue weighted by Crippen LogP contribution is 2.32. The number of ether oxygens (including phenoxy) is 2. The van der Waals surface area contributed by atoms with Crippen LogP contribution >= 0.6 is 11.8 Å². The standard InChI is InChI=1S/C41H63N5O8S/c1-9-25(3)36-39(51)46-18-10-11-32(46)40(52)54-33(41(5,6)7)20-24(2)19-29(47)22-35-43-28(23-55-35)14-17-34(48)44-31(38(50)42-26(4)37(49)45-36)21-27-12-15-30(53-8)16-13-27/h12-13,15-16,24-26,28-29,31-33,36,47H,9-11,14,17-23H2,1-8H3,(H,42,50)(H,44,48)(H,45,49)/t24-,25-,26-,28-,29-,31-,32-,33-,36-/m0/s1. The zero-order valence-electron chi connectivity index (χ0n) is 33.9. The maximum Gasteiger partial charge on any atom is 0.329 e. The number of aliphatic hydroxyl groups excluding tert-OH is 1. The molecule has 55 heavy (non-hydrogen) atoms. The summed E-state index contributed by atoms with van der Waals surface area (Å²) >= 11 is 1.59. The van der Waals surface area contributed by atoms with Gasteiger partial charge in [-0.15, -0.1) is 11.8 Å². The molecule has 2 bridgehead atoms. The second-order valence-corrected chi connectivity index (χ2v) is 17.8. The number of benzene rings is 1. The van der Waals surface area contributed by atoms with Crippen LogP contribution in [-0.2, 0) is 35.1 Å². The van der Waals surface area contributed by atoms with Gasteiger partial charge in [-0.25, -0.2) is 4.79 Å². The lowest BCUT2D eigenvalue weighted by Gasteiger charge is -2.35. The number of nitrogens with zero attached hydrogens (tertiary/aromatic N) is 2. The van der Waals surface area contributed by atoms with Crippen molar-refractivity contribution < 1.29 is 38.6 Å². The van der Waals surface area contributed by atoms with E-state index in [9.17, 15) is 29.1 Å². The Morgan fingerprint density at radius 1 is 1.02 bits per heavy atom. The SMILES string of the molecule is CC[C@H](C)[C@@H]1NC(=O)[C@H](C)NC(=O)[C@H](Cc2ccc(OC)cc2)NC(=O)CC[C@H]2CSC(=N2)C[C@@H](O)C[C@H](C)C[C@@H](C(C)(C)C)OC(=O)[C@@H]2CCCN2C1=O. The van der Waals surface area contributed by atoms with Crippen molar-refractivity contribution in [2.24, 2.45) is 22.2 Å². The highest BCUT2D eigenvalue weighted by Gasteiger charge is 2.42. The summed E-state index contributed by atoms with van der Waals surface area (Å²) < 4.78 is 11.5. The summed E-state index contributed by atoms with van der Waals surface area (Å²) in [5.74, 6) is -1.12. The topological polar surface area (TPSA) is 176 Å². The van der Waals surface area contributed by atoms with E-state index in [1.165, 1.54) is 11.8 Å². The minimum absolute atomic E-state index is 0.0310. The Hall–Kier alpha value is -3.65. The number of cyclic esters (lactones) is 1. The molecule has 1 aromatic rings. The van der Waals surface area contributed by atoms with E-state index in [1.54, 1.807) is 31.0 Å². The first-order valence-corrected chi connectivity index (χ1v) is 20.9. The van der Waals surface area contributed by atoms with E-state index in [0.29, 0.717) is 63.0 Å². The minimum Gasteiger partial charge on any atom is -0.497 e. The number of rotatable bonds is 5. The van der Waals surface area contributed by atoms with Crippen molar-refractivity contribution in [1.29, 1.82) is 0 Å². The Morgan fingerprint density at radius 3 is 2.38 bits per heavy atom. The van der Waals surface area contributed by atoms with Crippen LogP contribution in [0.5, 0.6) is 5.75 Å². The lowest BCUT2D eigenvalue weighted by atomic mass is 9.82. The predicted octanol–water partition coefficient (Wildman–Crippen LogP) is 4.18. The zero-order valence-corrected chi connectivity index (χ0v) is 34.7. The first-order chi connectivity index (χ1) is 26.0. The van der Waals surface area contributed by atoms with Crippen molar-refractivity contribution in [3.63, 3.8) is 0 Å². The molecule has 1 fully saturated rings. The van der Waals surface area contributed by atoms with Crippen LogP contribution in [0.3, 0.4) is 0 Å². The molecule has 1 saturated heterocycles. The first kappa shape index (κ1) is 44.1. The molecule has 0 aliphatic carbocycles. The van der Waals surface area contributed by atoms with Crippen LogP contribution in [-0.4, -0.2) is 106 Å². The number of carbonyl (C=O) groups is 5. The number of thioether (sulfide) groups is 1. The molecule has 306 valence electrons. The zero-order chi connectivity index (χ0) is 40.4. The van der Waals surface area contributed by atoms with Gasteiger partial charge < -0.3 is 35.4 Å². The van der Waals surface area contributed by atoms with Crippen molar-refractivity contribution in [1.82, 2.24) is 20.9 Å². The van der Waals surface area contributed by atoms with E-state index >= 15 is 0 Å². The number of hydrogen-bond donors (Lipinski definition) is 4. The van der Waals surface area contributed by atoms with Crippen LogP contribution in [0, 0.1) is 17.3 Å². The lowest BCUT2D eigenvalue weighted by molar-refractivity contribution is -0.164. The van der Waals surface area contributed by atoms with Crippen LogP contribution in [0.4, 0.5) is 0 Å². The normalized spacial score (nSPS) is 30.5. The molecule has 3 heterocycles. The van der Waals surface area contributed by atoms with Crippen molar-refractivity contribution in [3.05, 3.63) is 29.8 Å². The van der Waals surface area contributed by atoms with Crippen molar-refractivity contribution in [3.8, 4) is 5.75 Å². The van der Waals surface area contributed by atoms with Gasteiger partial charge in [0, 0.05) is 31.6 Å². The molecule has 0 saturated carbocycles. The van der Waals surface area contributed by atoms with Crippen LogP contribution in [0.15, 0.2) is 29.3 Å². The highest BCUT2D eigenvalue weighted by molar-refractivity contribution is 8.14. The quantitative estimate of drug-likeness (QED) is 0.319. The molecule has 0 radical (unpaired) electrons. The smallest absolute Gasteiger partial charge is 0.329 e. The molecule has 3 aliphatic heterocycles. The number of amides is 4. The third kappa shape index (κ3) is 12.7. The van der Waals surface area contributed by atoms with Gasteiger partial charge in [-0.1, -0.05) is 60.1 Å². The van der Waals surface area contributed by atoms with E-state index in [2.05, 4.69) is 16.0 Å². The molecule has 0 unspecified atom stereocenters. The molecule has 9 atom stereocenters. The molecule has 13 nitrogen and oxygen atoms in total. The van der Waals surface area contributed by atoms with Gasteiger partial charge in [0.15, 0.2) is 0 Å². The van der Waals surface area contributed by atoms with Crippen molar-refractivity contribution in [2.75, 3.05) is 19.4 Å². The summed E-state index contributed by atoms with van der Waals surface area (Å²) in [6.45, 7) is 13.8. The summed E-state index contributed by atoms with van der Waals surface area (Å²) in [5.41, 5.74) is 0.393. The Labute approximate surface area is 330 Å². The maximum absolute atomic E-state index is 14.2. The van der Waals surface area contributed by atoms with E-state index in [0.717, 1.165) is 10.6 Å². The molecule has 0 spiro atoms. The summed E-state index contributed by atoms with van der Waals surface area (Å²) in [6.07, 6.45) is 2.80. The number of aliphatic imine (C=N–C) groups is 1. The largest absolute Gasteiger partial charge is 0.497 e. The molecule has 4 amide bonds. The molecular weight excluding hydrogens is 723 g/mol. The molecule has 3 aliphatic rings. The van der Waals surface area contributed by atoms with Gasteiger partial charge in [0.2, 0.25) is 23.6 Å². The molecular formula is C41H63N5O8S. The molecule has 0 aromatic heterocycles. The minimum atomic E-state index is -1.04. The summed E-state index contributed by atoms with van der Waals surface area (Å²) in [7, 11) is 1.56. The van der Waals surface area contributed by atoms with Gasteiger partial charge in [0.1, 0.15) is 36.0 Å². The molecule has 4 rings (SSSR count). The van der Waals surface area contributed by atoms with Crippen molar-refractivity contribution in [2.45, 2.75) is 149 Å². The van der Waals surface area contributed by atoms with E-state index < -0.39 is 59.6 Å². The average molecular weight is 786 g/mol. The van der Waals surface area contributed by atoms with Gasteiger partial charge in [-0.05, 0) is 74.0 Å². The number of methoxy groups -OCH3 is 1. The number of carbonyl (C=O) groups excluding carboxylic acids is 5. The van der Waals surface area contributed by atoms with Gasteiger partial charge in [0.25, 0.3) is 0 Å². The second kappa shape index (κ2) is 20.0. The number of nitrogens with one attached hydrogen (secondary N) is 3. The Balaban J connectivity index is 1.61. The van der Waals surface area contributed by atoms with Crippen LogP contribution in [0.1, 0.15) is 105 Å². The number of hydrogen-bond acceptors (Lipinski definition) is 10. The van der Waals surface area contributed by atoms with Gasteiger partial charge >= 0.3 is 5.97 Å². The second-order valence-electron chi connectivity index (χ2n) is 16.7. The molecule has 14 heteroatoms. The Bertz CT molecular complexity index is 1530. The summed E-state index contributed by atoms with van der Waals surface area (Å²) in [4.78, 5) is 75.2. The van der Waals surface area contributed by atoms with Gasteiger partial charge in [-0.3, -0.25) is 24.2 Å². The third-order valence-corrected chi connectivity index (χ3v) is 12.1. The van der Waals surface area contributed by atoms with Gasteiger partial charge in [0.05, 0.1) is 24.3 Å². The fourth-order valence-corrected chi connectivity index (χ4v) is 8.46. The van der Waals surface area contributed by atoms with E-state index in [4.69, 9.17) is 14.5 Å². The molecule has 1 aromatic carbocycles. The number of aliphatic hydroxyl groups is 1. The third-order valence-electron chi connectivity index (χ3n) is 11.0. The highest BCUT2D eigenvalue weighted by atomic mass is 32.2. The Kier molecular flexibility index (Phi) is 16.0. The molecule has 4 N–H and O–H groups in total. The van der Waals surface area contributed by atoms with Crippen LogP contribution in [0.2, 0.25) is 0 Å². The summed E-state index contributed by atoms with van der Waals surface area (Å²) in [6, 6.07) is 3.33. The van der Waals surface area contributed by atoms with Crippen LogP contribution in [0.25, 0.3) is 0 Å². The first-order valence-electron chi connectivity index (χ1n) is 19.9. The van der Waals surface area contributed by atoms with Gasteiger partial charge in [-0.2, -0.15) is 0 Å². The fourth-order valence-electron chi connectivity index (χ4n) is 7.30. The number of esters is 1. The van der Waals surface area contributed by atoms with E-state index in [-0.39, 0.29) is 42.5 Å². The number of fused-ring (bicyclic) bond motifs is 2. The summed E-state index contributed by atoms with van der Waals surface area (Å²) in [5, 5.41) is 20.4. The average Bonchev–Trinajstić information content (AvgIpc) is 3.81. The monoisotopic (exact) mass is 785 g/mol. The van der Waals surface area contributed by atoms with Crippen molar-refractivity contribution >= 4 is 46.4 Å². The van der Waals surface area contributed by atoms with E-state index in [1.807, 2.05) is 53.7 Å².